The molecule has 0 atom stereocenters. The minimum absolute atomic E-state index is 0.176. The summed E-state index contributed by atoms with van der Waals surface area (Å²) in [4.78, 5) is 0.211. The Morgan fingerprint density at radius 2 is 1.68 bits per heavy atom. The van der Waals surface area contributed by atoms with Gasteiger partial charge in [0.15, 0.2) is 21.3 Å². The maximum atomic E-state index is 12.4. The van der Waals surface area contributed by atoms with Gasteiger partial charge in [0.1, 0.15) is 13.2 Å². The van der Waals surface area contributed by atoms with Crippen molar-refractivity contribution in [3.8, 4) is 11.5 Å². The van der Waals surface area contributed by atoms with Crippen LogP contribution in [-0.2, 0) is 15.6 Å². The van der Waals surface area contributed by atoms with Crippen molar-refractivity contribution in [3.05, 3.63) is 52.0 Å². The van der Waals surface area contributed by atoms with E-state index in [1.807, 2.05) is 0 Å². The van der Waals surface area contributed by atoms with E-state index in [9.17, 15) is 8.42 Å². The third kappa shape index (κ3) is 3.16. The first kappa shape index (κ1) is 15.5. The average molecular weight is 359 g/mol. The molecule has 22 heavy (non-hydrogen) atoms. The Hall–Kier alpha value is -1.43. The normalized spacial score (nSPS) is 13.9. The van der Waals surface area contributed by atoms with E-state index in [1.165, 1.54) is 12.1 Å². The maximum Gasteiger partial charge on any atom is 0.182 e. The van der Waals surface area contributed by atoms with Gasteiger partial charge in [-0.2, -0.15) is 0 Å². The van der Waals surface area contributed by atoms with Crippen LogP contribution in [0.25, 0.3) is 0 Å². The summed E-state index contributed by atoms with van der Waals surface area (Å²) in [6.45, 7) is 0.839. The molecule has 2 aromatic carbocycles. The molecule has 0 saturated carbocycles. The minimum Gasteiger partial charge on any atom is -0.486 e. The topological polar surface area (TPSA) is 52.6 Å². The van der Waals surface area contributed by atoms with E-state index >= 15 is 0 Å². The highest BCUT2D eigenvalue weighted by atomic mass is 35.5. The average Bonchev–Trinajstić information content (AvgIpc) is 2.47. The van der Waals surface area contributed by atoms with Gasteiger partial charge >= 0.3 is 0 Å². The molecule has 0 fully saturated rings. The van der Waals surface area contributed by atoms with Crippen molar-refractivity contribution >= 4 is 33.0 Å². The van der Waals surface area contributed by atoms with Crippen LogP contribution >= 0.6 is 23.2 Å². The highest BCUT2D eigenvalue weighted by Crippen LogP contribution is 2.39. The van der Waals surface area contributed by atoms with Crippen molar-refractivity contribution in [2.45, 2.75) is 10.6 Å². The van der Waals surface area contributed by atoms with Crippen molar-refractivity contribution in [3.63, 3.8) is 0 Å². The van der Waals surface area contributed by atoms with E-state index in [2.05, 4.69) is 0 Å². The number of benzene rings is 2. The Bertz CT molecular complexity index is 801. The molecule has 7 heteroatoms. The van der Waals surface area contributed by atoms with E-state index in [-0.39, 0.29) is 10.6 Å². The summed E-state index contributed by atoms with van der Waals surface area (Å²) in [5.41, 5.74) is 0.546. The van der Waals surface area contributed by atoms with Crippen LogP contribution in [0.3, 0.4) is 0 Å². The summed E-state index contributed by atoms with van der Waals surface area (Å²) in [5.74, 6) is 0.756. The zero-order valence-electron chi connectivity index (χ0n) is 11.4. The van der Waals surface area contributed by atoms with Gasteiger partial charge in [0.05, 0.1) is 15.7 Å². The lowest BCUT2D eigenvalue weighted by molar-refractivity contribution is 0.171. The largest absolute Gasteiger partial charge is 0.486 e. The van der Waals surface area contributed by atoms with Gasteiger partial charge in [-0.05, 0) is 42.0 Å². The zero-order chi connectivity index (χ0) is 15.7. The first-order valence-corrected chi connectivity index (χ1v) is 8.93. The Morgan fingerprint density at radius 1 is 1.00 bits per heavy atom. The van der Waals surface area contributed by atoms with Crippen molar-refractivity contribution in [1.82, 2.24) is 0 Å². The molecule has 4 nitrogen and oxygen atoms in total. The molecule has 1 heterocycles. The summed E-state index contributed by atoms with van der Waals surface area (Å²) >= 11 is 11.9. The molecular formula is C15H12Cl2O4S. The van der Waals surface area contributed by atoms with Crippen LogP contribution in [0.15, 0.2) is 41.3 Å². The second-order valence-corrected chi connectivity index (χ2v) is 7.65. The summed E-state index contributed by atoms with van der Waals surface area (Å²) in [6.07, 6.45) is 0. The van der Waals surface area contributed by atoms with E-state index < -0.39 is 9.84 Å². The quantitative estimate of drug-likeness (QED) is 0.838. The van der Waals surface area contributed by atoms with E-state index in [4.69, 9.17) is 32.7 Å². The molecule has 0 aliphatic carbocycles. The first-order chi connectivity index (χ1) is 10.5. The summed E-state index contributed by atoms with van der Waals surface area (Å²) in [5, 5.41) is 0.833. The Balaban J connectivity index is 1.92. The number of fused-ring (bicyclic) bond motifs is 1. The van der Waals surface area contributed by atoms with Crippen molar-refractivity contribution < 1.29 is 17.9 Å². The lowest BCUT2D eigenvalue weighted by Gasteiger charge is -2.20. The van der Waals surface area contributed by atoms with Crippen LogP contribution in [0, 0.1) is 0 Å². The van der Waals surface area contributed by atoms with Gasteiger partial charge in [-0.3, -0.25) is 0 Å². The molecular weight excluding hydrogens is 347 g/mol. The Morgan fingerprint density at radius 3 is 2.41 bits per heavy atom. The van der Waals surface area contributed by atoms with Gasteiger partial charge in [-0.1, -0.05) is 23.2 Å². The van der Waals surface area contributed by atoms with E-state index in [0.29, 0.717) is 40.3 Å². The minimum atomic E-state index is -3.49. The second-order valence-electron chi connectivity index (χ2n) is 4.81. The number of sulfone groups is 1. The molecule has 0 unspecified atom stereocenters. The Labute approximate surface area is 138 Å². The molecule has 1 aliphatic heterocycles. The molecule has 0 spiro atoms. The number of rotatable bonds is 3. The molecule has 1 aliphatic rings. The predicted octanol–water partition coefficient (Wildman–Crippen LogP) is 3.74. The van der Waals surface area contributed by atoms with Gasteiger partial charge in [-0.25, -0.2) is 8.42 Å². The van der Waals surface area contributed by atoms with Crippen LogP contribution < -0.4 is 9.47 Å². The smallest absolute Gasteiger partial charge is 0.182 e. The van der Waals surface area contributed by atoms with Crippen LogP contribution in [-0.4, -0.2) is 21.6 Å². The van der Waals surface area contributed by atoms with Crippen LogP contribution in [0.2, 0.25) is 10.0 Å². The van der Waals surface area contributed by atoms with Crippen LogP contribution in [0.5, 0.6) is 11.5 Å². The summed E-state index contributed by atoms with van der Waals surface area (Å²) in [7, 11) is -3.49. The standard InChI is InChI=1S/C15H12Cl2O4S/c16-11-1-3-12(4-2-11)22(18,19)9-10-7-13(17)15-14(8-10)20-5-6-21-15/h1-4,7-8H,5-6,9H2. The molecule has 0 amide bonds. The van der Waals surface area contributed by atoms with Crippen molar-refractivity contribution in [2.24, 2.45) is 0 Å². The SMILES string of the molecule is O=S(=O)(Cc1cc(Cl)c2c(c1)OCCO2)c1ccc(Cl)cc1. The van der Waals surface area contributed by atoms with Gasteiger partial charge < -0.3 is 9.47 Å². The number of ether oxygens (including phenoxy) is 2. The van der Waals surface area contributed by atoms with Crippen molar-refractivity contribution in [2.75, 3.05) is 13.2 Å². The highest BCUT2D eigenvalue weighted by Gasteiger charge is 2.20. The molecule has 3 rings (SSSR count). The highest BCUT2D eigenvalue weighted by molar-refractivity contribution is 7.90. The fourth-order valence-corrected chi connectivity index (χ4v) is 3.93. The molecule has 116 valence electrons. The molecule has 0 radical (unpaired) electrons. The van der Waals surface area contributed by atoms with Gasteiger partial charge in [0.2, 0.25) is 0 Å². The summed E-state index contributed by atoms with van der Waals surface area (Å²) in [6, 6.07) is 9.29. The Kier molecular flexibility index (Phi) is 4.21. The van der Waals surface area contributed by atoms with Gasteiger partial charge in [0.25, 0.3) is 0 Å². The third-order valence-corrected chi connectivity index (χ3v) is 5.42. The second kappa shape index (κ2) is 5.99. The van der Waals surface area contributed by atoms with Crippen molar-refractivity contribution in [1.29, 1.82) is 0 Å². The molecule has 0 N–H and O–H groups in total. The summed E-state index contributed by atoms with van der Waals surface area (Å²) < 4.78 is 35.7. The molecule has 0 aromatic heterocycles. The molecule has 0 bridgehead atoms. The number of hydrogen-bond donors (Lipinski definition) is 0. The van der Waals surface area contributed by atoms with Crippen LogP contribution in [0.1, 0.15) is 5.56 Å². The van der Waals surface area contributed by atoms with Gasteiger partial charge in [0, 0.05) is 5.02 Å². The fourth-order valence-electron chi connectivity index (χ4n) is 2.19. The fraction of sp³-hybridized carbons (Fsp3) is 0.200. The zero-order valence-corrected chi connectivity index (χ0v) is 13.7. The lowest BCUT2D eigenvalue weighted by Crippen LogP contribution is -2.16. The molecule has 2 aromatic rings. The van der Waals surface area contributed by atoms with E-state index in [0.717, 1.165) is 0 Å². The third-order valence-electron chi connectivity index (χ3n) is 3.19. The van der Waals surface area contributed by atoms with E-state index in [1.54, 1.807) is 24.3 Å². The first-order valence-electron chi connectivity index (χ1n) is 6.52. The van der Waals surface area contributed by atoms with Crippen LogP contribution in [0.4, 0.5) is 0 Å². The monoisotopic (exact) mass is 358 g/mol. The lowest BCUT2D eigenvalue weighted by atomic mass is 10.2. The molecule has 0 saturated heterocycles. The maximum absolute atomic E-state index is 12.4. The van der Waals surface area contributed by atoms with Gasteiger partial charge in [-0.15, -0.1) is 0 Å². The predicted molar refractivity (Wildman–Crippen MR) is 84.8 cm³/mol. The number of hydrogen-bond acceptors (Lipinski definition) is 4. The number of halogens is 2.